The van der Waals surface area contributed by atoms with Crippen molar-refractivity contribution >= 4 is 45.1 Å². The van der Waals surface area contributed by atoms with Crippen LogP contribution >= 0.6 is 27.5 Å². The molecule has 0 aliphatic heterocycles. The van der Waals surface area contributed by atoms with Crippen molar-refractivity contribution in [3.8, 4) is 0 Å². The highest BCUT2D eigenvalue weighted by molar-refractivity contribution is 9.10. The fourth-order valence-corrected chi connectivity index (χ4v) is 1.94. The maximum Gasteiger partial charge on any atom is 0.315 e. The third-order valence-electron chi connectivity index (χ3n) is 2.15. The van der Waals surface area contributed by atoms with E-state index in [1.807, 2.05) is 6.92 Å². The maximum absolute atomic E-state index is 11.6. The number of benzene rings is 1. The molecule has 0 aromatic heterocycles. The molecule has 0 heterocycles. The van der Waals surface area contributed by atoms with Gasteiger partial charge in [-0.3, -0.25) is 9.59 Å². The second-order valence-electron chi connectivity index (χ2n) is 3.61. The number of hydrogen-bond donors (Lipinski definition) is 1. The highest BCUT2D eigenvalue weighted by atomic mass is 79.9. The molecule has 0 saturated carbocycles. The van der Waals surface area contributed by atoms with Gasteiger partial charge in [0, 0.05) is 10.2 Å². The molecule has 0 atom stereocenters. The van der Waals surface area contributed by atoms with Gasteiger partial charge in [-0.15, -0.1) is 0 Å². The SMILES string of the molecule is CCOC(=O)CC(=O)Nc1cc(Cl)c(Br)cc1C. The predicted octanol–water partition coefficient (Wildman–Crippen LogP) is 3.30. The van der Waals surface area contributed by atoms with Crippen molar-refractivity contribution in [3.63, 3.8) is 0 Å². The van der Waals surface area contributed by atoms with Gasteiger partial charge in [0.25, 0.3) is 0 Å². The number of rotatable bonds is 4. The minimum atomic E-state index is -0.545. The molecule has 1 N–H and O–H groups in total. The van der Waals surface area contributed by atoms with E-state index in [-0.39, 0.29) is 13.0 Å². The molecule has 6 heteroatoms. The normalized spacial score (nSPS) is 10.0. The maximum atomic E-state index is 11.6. The van der Waals surface area contributed by atoms with Crippen LogP contribution in [0.25, 0.3) is 0 Å². The topological polar surface area (TPSA) is 55.4 Å². The van der Waals surface area contributed by atoms with E-state index in [4.69, 9.17) is 11.6 Å². The summed E-state index contributed by atoms with van der Waals surface area (Å²) in [7, 11) is 0. The van der Waals surface area contributed by atoms with Crippen LogP contribution in [0.4, 0.5) is 5.69 Å². The minimum Gasteiger partial charge on any atom is -0.466 e. The van der Waals surface area contributed by atoms with E-state index < -0.39 is 11.9 Å². The lowest BCUT2D eigenvalue weighted by molar-refractivity contribution is -0.145. The summed E-state index contributed by atoms with van der Waals surface area (Å²) in [6.45, 7) is 3.78. The van der Waals surface area contributed by atoms with E-state index in [0.717, 1.165) is 10.0 Å². The Kier molecular flexibility index (Phi) is 5.62. The molecule has 0 spiro atoms. The Bertz CT molecular complexity index is 477. The van der Waals surface area contributed by atoms with Gasteiger partial charge in [0.2, 0.25) is 5.91 Å². The molecule has 98 valence electrons. The van der Waals surface area contributed by atoms with E-state index in [1.54, 1.807) is 19.1 Å². The zero-order valence-electron chi connectivity index (χ0n) is 10.0. The Labute approximate surface area is 119 Å². The second kappa shape index (κ2) is 6.75. The number of esters is 1. The first kappa shape index (κ1) is 15.0. The summed E-state index contributed by atoms with van der Waals surface area (Å²) in [6.07, 6.45) is -0.305. The van der Waals surface area contributed by atoms with Crippen molar-refractivity contribution in [1.82, 2.24) is 0 Å². The smallest absolute Gasteiger partial charge is 0.315 e. The van der Waals surface area contributed by atoms with Crippen molar-refractivity contribution < 1.29 is 14.3 Å². The molecule has 0 saturated heterocycles. The molecule has 1 rings (SSSR count). The number of nitrogens with one attached hydrogen (secondary N) is 1. The Morgan fingerprint density at radius 3 is 2.72 bits per heavy atom. The Hall–Kier alpha value is -1.07. The van der Waals surface area contributed by atoms with Gasteiger partial charge in [0.05, 0.1) is 11.6 Å². The van der Waals surface area contributed by atoms with E-state index in [1.165, 1.54) is 0 Å². The average molecular weight is 335 g/mol. The predicted molar refractivity (Wildman–Crippen MR) is 73.8 cm³/mol. The summed E-state index contributed by atoms with van der Waals surface area (Å²) in [6, 6.07) is 3.42. The van der Waals surface area contributed by atoms with Gasteiger partial charge in [0.1, 0.15) is 6.42 Å². The zero-order chi connectivity index (χ0) is 13.7. The number of carbonyl (C=O) groups is 2. The highest BCUT2D eigenvalue weighted by Crippen LogP contribution is 2.28. The van der Waals surface area contributed by atoms with Crippen LogP contribution in [0.2, 0.25) is 5.02 Å². The third kappa shape index (κ3) is 4.31. The van der Waals surface area contributed by atoms with Gasteiger partial charge in [-0.1, -0.05) is 11.6 Å². The van der Waals surface area contributed by atoms with Crippen LogP contribution in [-0.2, 0) is 14.3 Å². The van der Waals surface area contributed by atoms with E-state index in [9.17, 15) is 9.59 Å². The molecule has 0 aliphatic carbocycles. The van der Waals surface area contributed by atoms with Crippen molar-refractivity contribution in [3.05, 3.63) is 27.2 Å². The molecule has 0 bridgehead atoms. The van der Waals surface area contributed by atoms with Gasteiger partial charge >= 0.3 is 5.97 Å². The molecule has 0 unspecified atom stereocenters. The molecular weight excluding hydrogens is 321 g/mol. The summed E-state index contributed by atoms with van der Waals surface area (Å²) in [4.78, 5) is 22.7. The number of anilines is 1. The lowest BCUT2D eigenvalue weighted by Crippen LogP contribution is -2.18. The largest absolute Gasteiger partial charge is 0.466 e. The minimum absolute atomic E-state index is 0.259. The van der Waals surface area contributed by atoms with Crippen LogP contribution in [0.15, 0.2) is 16.6 Å². The summed E-state index contributed by atoms with van der Waals surface area (Å²) in [5.74, 6) is -0.967. The Morgan fingerprint density at radius 1 is 1.44 bits per heavy atom. The summed E-state index contributed by atoms with van der Waals surface area (Å²) in [5, 5.41) is 3.12. The number of ether oxygens (including phenoxy) is 1. The molecule has 4 nitrogen and oxygen atoms in total. The van der Waals surface area contributed by atoms with Crippen molar-refractivity contribution in [2.24, 2.45) is 0 Å². The van der Waals surface area contributed by atoms with Crippen molar-refractivity contribution in [2.75, 3.05) is 11.9 Å². The van der Waals surface area contributed by atoms with Crippen molar-refractivity contribution in [1.29, 1.82) is 0 Å². The Morgan fingerprint density at radius 2 is 2.11 bits per heavy atom. The molecule has 0 radical (unpaired) electrons. The fraction of sp³-hybridized carbons (Fsp3) is 0.333. The van der Waals surface area contributed by atoms with Crippen LogP contribution in [-0.4, -0.2) is 18.5 Å². The monoisotopic (exact) mass is 333 g/mol. The van der Waals surface area contributed by atoms with Gasteiger partial charge in [0.15, 0.2) is 0 Å². The highest BCUT2D eigenvalue weighted by Gasteiger charge is 2.12. The number of carbonyl (C=O) groups excluding carboxylic acids is 2. The third-order valence-corrected chi connectivity index (χ3v) is 3.35. The zero-order valence-corrected chi connectivity index (χ0v) is 12.4. The number of halogens is 2. The van der Waals surface area contributed by atoms with E-state index >= 15 is 0 Å². The molecular formula is C12H13BrClNO3. The lowest BCUT2D eigenvalue weighted by atomic mass is 10.2. The van der Waals surface area contributed by atoms with Crippen LogP contribution in [0.1, 0.15) is 18.9 Å². The van der Waals surface area contributed by atoms with E-state index in [2.05, 4.69) is 26.0 Å². The summed E-state index contributed by atoms with van der Waals surface area (Å²) in [5.41, 5.74) is 1.43. The first-order valence-corrected chi connectivity index (χ1v) is 6.52. The summed E-state index contributed by atoms with van der Waals surface area (Å²) < 4.78 is 5.44. The number of aryl methyl sites for hydroxylation is 1. The number of amides is 1. The van der Waals surface area contributed by atoms with Crippen LogP contribution < -0.4 is 5.32 Å². The summed E-state index contributed by atoms with van der Waals surface area (Å²) >= 11 is 9.22. The van der Waals surface area contributed by atoms with Gasteiger partial charge in [-0.25, -0.2) is 0 Å². The fourth-order valence-electron chi connectivity index (χ4n) is 1.32. The Balaban J connectivity index is 2.70. The standard InChI is InChI=1S/C12H13BrClNO3/c1-3-18-12(17)6-11(16)15-10-5-9(14)8(13)4-7(10)2/h4-5H,3,6H2,1-2H3,(H,15,16). The van der Waals surface area contributed by atoms with Crippen LogP contribution in [0.5, 0.6) is 0 Å². The second-order valence-corrected chi connectivity index (χ2v) is 4.87. The first-order chi connectivity index (χ1) is 8.43. The van der Waals surface area contributed by atoms with Crippen molar-refractivity contribution in [2.45, 2.75) is 20.3 Å². The molecule has 18 heavy (non-hydrogen) atoms. The van der Waals surface area contributed by atoms with Gasteiger partial charge in [-0.05, 0) is 47.5 Å². The van der Waals surface area contributed by atoms with Crippen LogP contribution in [0.3, 0.4) is 0 Å². The van der Waals surface area contributed by atoms with Gasteiger partial charge < -0.3 is 10.1 Å². The molecule has 1 aromatic carbocycles. The molecule has 1 amide bonds. The first-order valence-electron chi connectivity index (χ1n) is 5.35. The molecule has 0 fully saturated rings. The molecule has 0 aliphatic rings. The van der Waals surface area contributed by atoms with E-state index in [0.29, 0.717) is 10.7 Å². The number of hydrogen-bond acceptors (Lipinski definition) is 3. The van der Waals surface area contributed by atoms with Gasteiger partial charge in [-0.2, -0.15) is 0 Å². The average Bonchev–Trinajstić information content (AvgIpc) is 2.26. The van der Waals surface area contributed by atoms with Crippen LogP contribution in [0, 0.1) is 6.92 Å². The quantitative estimate of drug-likeness (QED) is 0.679. The lowest BCUT2D eigenvalue weighted by Gasteiger charge is -2.09. The molecule has 1 aromatic rings.